The second-order valence-corrected chi connectivity index (χ2v) is 9.27. The number of amides is 2. The topological polar surface area (TPSA) is 137 Å². The molecule has 5 N–H and O–H groups in total. The summed E-state index contributed by atoms with van der Waals surface area (Å²) in [5, 5.41) is 11.5. The SMILES string of the molecule is C[C@@H](C1CC1)N1Cc2cc(-c3cnc4[nH]c(N)c(C(=O)NCCCO)c4n3)cc(C(F)(F)F)c2C1=O. The number of fused-ring (bicyclic) bond motifs is 2. The average Bonchev–Trinajstić information content (AvgIpc) is 3.55. The summed E-state index contributed by atoms with van der Waals surface area (Å²) in [5.41, 5.74) is 5.50. The molecule has 0 radical (unpaired) electrons. The number of nitrogens with zero attached hydrogens (tertiary/aromatic N) is 3. The molecule has 1 aliphatic carbocycles. The van der Waals surface area contributed by atoms with Crippen molar-refractivity contribution < 1.29 is 27.9 Å². The number of anilines is 1. The Morgan fingerprint density at radius 1 is 1.36 bits per heavy atom. The van der Waals surface area contributed by atoms with Crippen molar-refractivity contribution in [3.05, 3.63) is 40.6 Å². The lowest BCUT2D eigenvalue weighted by Crippen LogP contribution is -2.35. The highest BCUT2D eigenvalue weighted by atomic mass is 19.4. The van der Waals surface area contributed by atoms with Crippen molar-refractivity contribution in [2.75, 3.05) is 18.9 Å². The Labute approximate surface area is 203 Å². The fourth-order valence-electron chi connectivity index (χ4n) is 4.72. The van der Waals surface area contributed by atoms with Crippen LogP contribution in [0.25, 0.3) is 22.4 Å². The summed E-state index contributed by atoms with van der Waals surface area (Å²) in [5.74, 6) is -0.820. The maximum atomic E-state index is 14.1. The van der Waals surface area contributed by atoms with Gasteiger partial charge in [-0.3, -0.25) is 9.59 Å². The summed E-state index contributed by atoms with van der Waals surface area (Å²) in [6, 6.07) is 2.31. The molecule has 5 rings (SSSR count). The van der Waals surface area contributed by atoms with Gasteiger partial charge in [0.1, 0.15) is 16.9 Å². The molecule has 2 aromatic heterocycles. The number of alkyl halides is 3. The number of hydrogen-bond donors (Lipinski definition) is 4. The second kappa shape index (κ2) is 8.77. The molecule has 9 nitrogen and oxygen atoms in total. The smallest absolute Gasteiger partial charge is 0.396 e. The van der Waals surface area contributed by atoms with Crippen LogP contribution in [0.5, 0.6) is 0 Å². The number of aromatic nitrogens is 3. The maximum absolute atomic E-state index is 14.1. The third-order valence-electron chi connectivity index (χ3n) is 6.81. The van der Waals surface area contributed by atoms with Gasteiger partial charge in [-0.1, -0.05) is 0 Å². The van der Waals surface area contributed by atoms with Crippen LogP contribution in [-0.4, -0.2) is 56.0 Å². The Bertz CT molecular complexity index is 1370. The molecular formula is C24H25F3N6O3. The van der Waals surface area contributed by atoms with Crippen molar-refractivity contribution in [2.45, 2.75) is 44.9 Å². The molecule has 0 saturated heterocycles. The number of hydrogen-bond acceptors (Lipinski definition) is 6. The minimum atomic E-state index is -4.75. The van der Waals surface area contributed by atoms with Gasteiger partial charge in [-0.15, -0.1) is 0 Å². The zero-order chi connectivity index (χ0) is 25.8. The van der Waals surface area contributed by atoms with Crippen molar-refractivity contribution in [2.24, 2.45) is 5.92 Å². The van der Waals surface area contributed by atoms with Crippen LogP contribution in [0.2, 0.25) is 0 Å². The summed E-state index contributed by atoms with van der Waals surface area (Å²) >= 11 is 0. The normalized spacial score (nSPS) is 16.5. The van der Waals surface area contributed by atoms with E-state index in [9.17, 15) is 22.8 Å². The number of aliphatic hydroxyl groups is 1. The van der Waals surface area contributed by atoms with Gasteiger partial charge in [0.05, 0.1) is 23.0 Å². The van der Waals surface area contributed by atoms with E-state index in [1.54, 1.807) is 0 Å². The third-order valence-corrected chi connectivity index (χ3v) is 6.81. The summed E-state index contributed by atoms with van der Waals surface area (Å²) in [7, 11) is 0. The fourth-order valence-corrected chi connectivity index (χ4v) is 4.72. The molecule has 1 saturated carbocycles. The Balaban J connectivity index is 1.57. The number of carbonyl (C=O) groups is 2. The van der Waals surface area contributed by atoms with E-state index < -0.39 is 23.6 Å². The van der Waals surface area contributed by atoms with Gasteiger partial charge in [0.2, 0.25) is 0 Å². The number of benzene rings is 1. The molecule has 1 fully saturated rings. The molecule has 1 aliphatic heterocycles. The zero-order valence-electron chi connectivity index (χ0n) is 19.4. The molecule has 0 bridgehead atoms. The van der Waals surface area contributed by atoms with Gasteiger partial charge in [0.25, 0.3) is 11.8 Å². The van der Waals surface area contributed by atoms with Crippen LogP contribution in [0.4, 0.5) is 19.0 Å². The highest BCUT2D eigenvalue weighted by Crippen LogP contribution is 2.43. The van der Waals surface area contributed by atoms with E-state index in [0.29, 0.717) is 12.3 Å². The van der Waals surface area contributed by atoms with Crippen molar-refractivity contribution in [3.8, 4) is 11.3 Å². The lowest BCUT2D eigenvalue weighted by Gasteiger charge is -2.24. The number of nitrogen functional groups attached to an aromatic ring is 1. The molecule has 2 amide bonds. The van der Waals surface area contributed by atoms with Gasteiger partial charge in [0.15, 0.2) is 5.65 Å². The number of nitrogens with two attached hydrogens (primary N) is 1. The quantitative estimate of drug-likeness (QED) is 0.367. The van der Waals surface area contributed by atoms with Gasteiger partial charge in [-0.05, 0) is 49.8 Å². The zero-order valence-corrected chi connectivity index (χ0v) is 19.4. The van der Waals surface area contributed by atoms with Gasteiger partial charge in [0, 0.05) is 31.3 Å². The average molecular weight is 502 g/mol. The largest absolute Gasteiger partial charge is 0.417 e. The van der Waals surface area contributed by atoms with Gasteiger partial charge < -0.3 is 26.0 Å². The Kier molecular flexibility index (Phi) is 5.86. The van der Waals surface area contributed by atoms with E-state index >= 15 is 0 Å². The Hall–Kier alpha value is -3.67. The Morgan fingerprint density at radius 3 is 2.78 bits per heavy atom. The van der Waals surface area contributed by atoms with Gasteiger partial charge >= 0.3 is 6.18 Å². The lowest BCUT2D eigenvalue weighted by molar-refractivity contribution is -0.137. The Morgan fingerprint density at radius 2 is 2.11 bits per heavy atom. The van der Waals surface area contributed by atoms with E-state index in [4.69, 9.17) is 10.8 Å². The van der Waals surface area contributed by atoms with Crippen LogP contribution in [0.1, 0.15) is 58.0 Å². The van der Waals surface area contributed by atoms with Gasteiger partial charge in [-0.25, -0.2) is 9.97 Å². The van der Waals surface area contributed by atoms with E-state index in [2.05, 4.69) is 20.3 Å². The molecular weight excluding hydrogens is 477 g/mol. The van der Waals surface area contributed by atoms with E-state index in [1.165, 1.54) is 17.2 Å². The number of nitrogens with one attached hydrogen (secondary N) is 2. The van der Waals surface area contributed by atoms with Crippen LogP contribution >= 0.6 is 0 Å². The number of aromatic amines is 1. The summed E-state index contributed by atoms with van der Waals surface area (Å²) in [6.07, 6.45) is -1.18. The number of halogens is 3. The predicted octanol–water partition coefficient (Wildman–Crippen LogP) is 3.09. The van der Waals surface area contributed by atoms with Gasteiger partial charge in [-0.2, -0.15) is 13.2 Å². The molecule has 1 atom stereocenters. The van der Waals surface area contributed by atoms with E-state index in [1.807, 2.05) is 6.92 Å². The minimum absolute atomic E-state index is 0.0175. The number of aliphatic hydroxyl groups excluding tert-OH is 1. The van der Waals surface area contributed by atoms with E-state index in [0.717, 1.165) is 18.9 Å². The monoisotopic (exact) mass is 502 g/mol. The molecule has 12 heteroatoms. The van der Waals surface area contributed by atoms with Crippen molar-refractivity contribution in [1.82, 2.24) is 25.2 Å². The predicted molar refractivity (Wildman–Crippen MR) is 125 cm³/mol. The van der Waals surface area contributed by atoms with Crippen LogP contribution in [0, 0.1) is 5.92 Å². The van der Waals surface area contributed by atoms with Crippen molar-refractivity contribution in [3.63, 3.8) is 0 Å². The maximum Gasteiger partial charge on any atom is 0.417 e. The summed E-state index contributed by atoms with van der Waals surface area (Å²) in [4.78, 5) is 38.6. The first kappa shape index (κ1) is 24.0. The van der Waals surface area contributed by atoms with Crippen LogP contribution in [-0.2, 0) is 12.7 Å². The molecule has 3 heterocycles. The first-order chi connectivity index (χ1) is 17.1. The highest BCUT2D eigenvalue weighted by Gasteiger charge is 2.44. The van der Waals surface area contributed by atoms with Crippen LogP contribution in [0.15, 0.2) is 18.3 Å². The molecule has 0 spiro atoms. The molecule has 1 aromatic carbocycles. The van der Waals surface area contributed by atoms with Crippen molar-refractivity contribution >= 4 is 28.8 Å². The van der Waals surface area contributed by atoms with Crippen LogP contribution < -0.4 is 11.1 Å². The summed E-state index contributed by atoms with van der Waals surface area (Å²) in [6.45, 7) is 2.07. The molecule has 36 heavy (non-hydrogen) atoms. The minimum Gasteiger partial charge on any atom is -0.396 e. The highest BCUT2D eigenvalue weighted by molar-refractivity contribution is 6.09. The van der Waals surface area contributed by atoms with E-state index in [-0.39, 0.29) is 70.7 Å². The first-order valence-electron chi connectivity index (χ1n) is 11.7. The van der Waals surface area contributed by atoms with Crippen molar-refractivity contribution in [1.29, 1.82) is 0 Å². The summed E-state index contributed by atoms with van der Waals surface area (Å²) < 4.78 is 42.3. The molecule has 3 aromatic rings. The fraction of sp³-hybridized carbons (Fsp3) is 0.417. The molecule has 2 aliphatic rings. The third kappa shape index (κ3) is 4.15. The second-order valence-electron chi connectivity index (χ2n) is 9.27. The number of rotatable bonds is 7. The number of H-pyrrole nitrogens is 1. The standard InChI is InChI=1S/C24H25F3N6O3/c1-11(12-3-4-12)33-10-14-7-13(8-15(24(25,26)27)17(14)23(33)36)16-9-30-21-19(31-16)18(20(28)32-21)22(35)29-5-2-6-34/h7-9,11-12,34H,2-6,10,28H2,1H3,(H,29,35)(H,30,32)/t11-/m0/s1. The number of carbonyl (C=O) groups excluding carboxylic acids is 2. The first-order valence-corrected chi connectivity index (χ1v) is 11.7. The molecule has 190 valence electrons. The van der Waals surface area contributed by atoms with Crippen LogP contribution in [0.3, 0.4) is 0 Å². The lowest BCUT2D eigenvalue weighted by atomic mass is 9.97. The molecule has 0 unspecified atom stereocenters.